The summed E-state index contributed by atoms with van der Waals surface area (Å²) in [6.07, 6.45) is 0.939. The standard InChI is InChI=1S/C17H16BrN3O/c1-11-3-2-4-12(7-11)16(22)9-19-17-14-8-13(18)5-6-15(14)20-10-21-17/h2-8,10,16,22H,9H2,1H3,(H,19,20,21). The van der Waals surface area contributed by atoms with Gasteiger partial charge >= 0.3 is 0 Å². The molecule has 0 saturated carbocycles. The molecule has 5 heteroatoms. The summed E-state index contributed by atoms with van der Waals surface area (Å²) in [6.45, 7) is 2.40. The number of nitrogens with one attached hydrogen (secondary N) is 1. The molecule has 0 spiro atoms. The summed E-state index contributed by atoms with van der Waals surface area (Å²) >= 11 is 3.46. The van der Waals surface area contributed by atoms with E-state index in [0.29, 0.717) is 6.54 Å². The van der Waals surface area contributed by atoms with E-state index in [2.05, 4.69) is 31.2 Å². The third-order valence-electron chi connectivity index (χ3n) is 3.49. The maximum atomic E-state index is 10.3. The molecule has 1 atom stereocenters. The highest BCUT2D eigenvalue weighted by molar-refractivity contribution is 9.10. The van der Waals surface area contributed by atoms with Gasteiger partial charge in [-0.2, -0.15) is 0 Å². The van der Waals surface area contributed by atoms with E-state index in [0.717, 1.165) is 32.3 Å². The normalized spacial score (nSPS) is 12.3. The van der Waals surface area contributed by atoms with Crippen LogP contribution in [0.1, 0.15) is 17.2 Å². The Morgan fingerprint density at radius 1 is 1.18 bits per heavy atom. The number of halogens is 1. The minimum absolute atomic E-state index is 0.391. The first kappa shape index (κ1) is 14.9. The third-order valence-corrected chi connectivity index (χ3v) is 3.98. The molecule has 3 rings (SSSR count). The summed E-state index contributed by atoms with van der Waals surface area (Å²) in [5.41, 5.74) is 2.89. The molecule has 0 saturated heterocycles. The van der Waals surface area contributed by atoms with Crippen molar-refractivity contribution in [2.75, 3.05) is 11.9 Å². The smallest absolute Gasteiger partial charge is 0.137 e. The van der Waals surface area contributed by atoms with Crippen LogP contribution in [0.15, 0.2) is 53.3 Å². The molecule has 112 valence electrons. The minimum Gasteiger partial charge on any atom is -0.387 e. The van der Waals surface area contributed by atoms with Crippen LogP contribution in [-0.4, -0.2) is 21.6 Å². The lowest BCUT2D eigenvalue weighted by molar-refractivity contribution is 0.191. The molecule has 1 aromatic heterocycles. The molecule has 2 aromatic carbocycles. The van der Waals surface area contributed by atoms with E-state index in [9.17, 15) is 5.11 Å². The Kier molecular flexibility index (Phi) is 4.36. The third kappa shape index (κ3) is 3.26. The van der Waals surface area contributed by atoms with Gasteiger partial charge in [0.15, 0.2) is 0 Å². The van der Waals surface area contributed by atoms with Crippen LogP contribution in [0.25, 0.3) is 10.9 Å². The van der Waals surface area contributed by atoms with Crippen molar-refractivity contribution in [3.8, 4) is 0 Å². The van der Waals surface area contributed by atoms with Crippen LogP contribution in [-0.2, 0) is 0 Å². The number of hydrogen-bond donors (Lipinski definition) is 2. The first-order valence-electron chi connectivity index (χ1n) is 7.02. The number of anilines is 1. The van der Waals surface area contributed by atoms with Crippen LogP contribution >= 0.6 is 15.9 Å². The fraction of sp³-hybridized carbons (Fsp3) is 0.176. The average molecular weight is 358 g/mol. The van der Waals surface area contributed by atoms with Crippen molar-refractivity contribution < 1.29 is 5.11 Å². The molecule has 0 aliphatic heterocycles. The Morgan fingerprint density at radius 3 is 2.86 bits per heavy atom. The lowest BCUT2D eigenvalue weighted by Gasteiger charge is -2.14. The summed E-state index contributed by atoms with van der Waals surface area (Å²) in [7, 11) is 0. The van der Waals surface area contributed by atoms with Gasteiger partial charge in [-0.05, 0) is 30.7 Å². The van der Waals surface area contributed by atoms with Gasteiger partial charge in [-0.1, -0.05) is 45.8 Å². The summed E-state index contributed by atoms with van der Waals surface area (Å²) in [4.78, 5) is 8.52. The van der Waals surface area contributed by atoms with E-state index in [4.69, 9.17) is 0 Å². The summed E-state index contributed by atoms with van der Waals surface area (Å²) < 4.78 is 0.970. The van der Waals surface area contributed by atoms with Crippen LogP contribution in [0.5, 0.6) is 0 Å². The number of aliphatic hydroxyl groups excluding tert-OH is 1. The molecular formula is C17H16BrN3O. The Morgan fingerprint density at radius 2 is 2.05 bits per heavy atom. The van der Waals surface area contributed by atoms with Gasteiger partial charge in [0, 0.05) is 16.4 Å². The second-order valence-corrected chi connectivity index (χ2v) is 6.11. The Balaban J connectivity index is 1.80. The molecule has 2 N–H and O–H groups in total. The zero-order valence-corrected chi connectivity index (χ0v) is 13.7. The van der Waals surface area contributed by atoms with Gasteiger partial charge in [0.05, 0.1) is 11.6 Å². The Bertz CT molecular complexity index is 807. The quantitative estimate of drug-likeness (QED) is 0.744. The van der Waals surface area contributed by atoms with Crippen LogP contribution in [0.2, 0.25) is 0 Å². The number of aromatic nitrogens is 2. The largest absolute Gasteiger partial charge is 0.387 e. The number of benzene rings is 2. The van der Waals surface area contributed by atoms with Gasteiger partial charge in [0.1, 0.15) is 12.1 Å². The van der Waals surface area contributed by atoms with E-state index >= 15 is 0 Å². The van der Waals surface area contributed by atoms with Gasteiger partial charge in [0.25, 0.3) is 0 Å². The molecule has 3 aromatic rings. The number of hydrogen-bond acceptors (Lipinski definition) is 4. The number of fused-ring (bicyclic) bond motifs is 1. The van der Waals surface area contributed by atoms with E-state index in [1.54, 1.807) is 0 Å². The van der Waals surface area contributed by atoms with Crippen LogP contribution in [0, 0.1) is 6.92 Å². The van der Waals surface area contributed by atoms with Crippen molar-refractivity contribution in [3.05, 3.63) is 64.4 Å². The molecule has 1 heterocycles. The van der Waals surface area contributed by atoms with E-state index < -0.39 is 6.10 Å². The second-order valence-electron chi connectivity index (χ2n) is 5.19. The fourth-order valence-corrected chi connectivity index (χ4v) is 2.72. The molecular weight excluding hydrogens is 342 g/mol. The Hall–Kier alpha value is -1.98. The zero-order valence-electron chi connectivity index (χ0n) is 12.1. The maximum Gasteiger partial charge on any atom is 0.137 e. The fourth-order valence-electron chi connectivity index (χ4n) is 2.36. The van der Waals surface area contributed by atoms with Crippen molar-refractivity contribution in [3.63, 3.8) is 0 Å². The van der Waals surface area contributed by atoms with Gasteiger partial charge in [-0.3, -0.25) is 0 Å². The number of rotatable bonds is 4. The van der Waals surface area contributed by atoms with E-state index in [1.807, 2.05) is 49.4 Å². The van der Waals surface area contributed by atoms with Crippen molar-refractivity contribution >= 4 is 32.7 Å². The van der Waals surface area contributed by atoms with Crippen LogP contribution in [0.3, 0.4) is 0 Å². The lowest BCUT2D eigenvalue weighted by Crippen LogP contribution is -2.13. The van der Waals surface area contributed by atoms with Crippen molar-refractivity contribution in [1.29, 1.82) is 0 Å². The molecule has 0 aliphatic rings. The summed E-state index contributed by atoms with van der Waals surface area (Å²) in [6, 6.07) is 13.7. The van der Waals surface area contributed by atoms with Crippen molar-refractivity contribution in [2.24, 2.45) is 0 Å². The number of aryl methyl sites for hydroxylation is 1. The van der Waals surface area contributed by atoms with Gasteiger partial charge < -0.3 is 10.4 Å². The number of nitrogens with zero attached hydrogens (tertiary/aromatic N) is 2. The molecule has 4 nitrogen and oxygen atoms in total. The summed E-state index contributed by atoms with van der Waals surface area (Å²) in [5.74, 6) is 0.720. The van der Waals surface area contributed by atoms with Crippen molar-refractivity contribution in [2.45, 2.75) is 13.0 Å². The highest BCUT2D eigenvalue weighted by Crippen LogP contribution is 2.24. The summed E-state index contributed by atoms with van der Waals surface area (Å²) in [5, 5.41) is 14.5. The molecule has 0 radical (unpaired) electrons. The molecule has 0 fully saturated rings. The highest BCUT2D eigenvalue weighted by atomic mass is 79.9. The first-order valence-corrected chi connectivity index (χ1v) is 7.81. The molecule has 0 amide bonds. The molecule has 22 heavy (non-hydrogen) atoms. The SMILES string of the molecule is Cc1cccc(C(O)CNc2ncnc3ccc(Br)cc23)c1. The Labute approximate surface area is 137 Å². The van der Waals surface area contributed by atoms with Gasteiger partial charge in [-0.15, -0.1) is 0 Å². The lowest BCUT2D eigenvalue weighted by atomic mass is 10.1. The highest BCUT2D eigenvalue weighted by Gasteiger charge is 2.09. The first-order chi connectivity index (χ1) is 10.6. The molecule has 0 bridgehead atoms. The zero-order chi connectivity index (χ0) is 15.5. The second kappa shape index (κ2) is 6.42. The predicted octanol–water partition coefficient (Wildman–Crippen LogP) is 3.85. The molecule has 1 unspecified atom stereocenters. The van der Waals surface area contributed by atoms with Gasteiger partial charge in [0.2, 0.25) is 0 Å². The van der Waals surface area contributed by atoms with Crippen molar-refractivity contribution in [1.82, 2.24) is 9.97 Å². The monoisotopic (exact) mass is 357 g/mol. The average Bonchev–Trinajstić information content (AvgIpc) is 2.52. The van der Waals surface area contributed by atoms with Gasteiger partial charge in [-0.25, -0.2) is 9.97 Å². The molecule has 0 aliphatic carbocycles. The van der Waals surface area contributed by atoms with E-state index in [-0.39, 0.29) is 0 Å². The maximum absolute atomic E-state index is 10.3. The van der Waals surface area contributed by atoms with E-state index in [1.165, 1.54) is 6.33 Å². The predicted molar refractivity (Wildman–Crippen MR) is 91.9 cm³/mol. The minimum atomic E-state index is -0.586. The topological polar surface area (TPSA) is 58.0 Å². The van der Waals surface area contributed by atoms with Crippen LogP contribution in [0.4, 0.5) is 5.82 Å². The number of aliphatic hydroxyl groups is 1. The van der Waals surface area contributed by atoms with Crippen LogP contribution < -0.4 is 5.32 Å².